The molecule has 1 aliphatic rings. The van der Waals surface area contributed by atoms with Gasteiger partial charge in [0.15, 0.2) is 0 Å². The highest BCUT2D eigenvalue weighted by molar-refractivity contribution is 5.16. The molecule has 2 atom stereocenters. The molecule has 1 aliphatic heterocycles. The molecular formula is C16H28N4. The summed E-state index contributed by atoms with van der Waals surface area (Å²) in [4.78, 5) is 9.32. The van der Waals surface area contributed by atoms with E-state index >= 15 is 0 Å². The van der Waals surface area contributed by atoms with Crippen molar-refractivity contribution in [1.82, 2.24) is 14.8 Å². The maximum atomic E-state index is 6.23. The van der Waals surface area contributed by atoms with Crippen molar-refractivity contribution in [2.24, 2.45) is 11.7 Å². The van der Waals surface area contributed by atoms with Crippen LogP contribution in [-0.2, 0) is 0 Å². The summed E-state index contributed by atoms with van der Waals surface area (Å²) in [6, 6.07) is 4.54. The van der Waals surface area contributed by atoms with E-state index in [1.165, 1.54) is 12.1 Å². The first kappa shape index (κ1) is 15.4. The Morgan fingerprint density at radius 1 is 1.20 bits per heavy atom. The summed E-state index contributed by atoms with van der Waals surface area (Å²) in [7, 11) is 0. The van der Waals surface area contributed by atoms with Crippen LogP contribution in [0.4, 0.5) is 0 Å². The highest BCUT2D eigenvalue weighted by Crippen LogP contribution is 2.24. The van der Waals surface area contributed by atoms with Crippen molar-refractivity contribution in [3.8, 4) is 0 Å². The lowest BCUT2D eigenvalue weighted by molar-refractivity contribution is 0.0803. The van der Waals surface area contributed by atoms with Crippen molar-refractivity contribution < 1.29 is 0 Å². The van der Waals surface area contributed by atoms with Gasteiger partial charge in [0, 0.05) is 51.2 Å². The number of hydrogen-bond donors (Lipinski definition) is 1. The van der Waals surface area contributed by atoms with Gasteiger partial charge in [-0.1, -0.05) is 19.9 Å². The summed E-state index contributed by atoms with van der Waals surface area (Å²) in [6.45, 7) is 12.3. The lowest BCUT2D eigenvalue weighted by atomic mass is 10.00. The summed E-state index contributed by atoms with van der Waals surface area (Å²) in [6.07, 6.45) is 3.77. The first-order valence-corrected chi connectivity index (χ1v) is 7.70. The van der Waals surface area contributed by atoms with E-state index in [1.807, 2.05) is 18.5 Å². The maximum absolute atomic E-state index is 6.23. The minimum absolute atomic E-state index is 0.121. The minimum Gasteiger partial charge on any atom is -0.326 e. The predicted molar refractivity (Wildman–Crippen MR) is 83.5 cm³/mol. The summed E-state index contributed by atoms with van der Waals surface area (Å²) in [5, 5.41) is 0. The van der Waals surface area contributed by atoms with Gasteiger partial charge in [0.1, 0.15) is 0 Å². The van der Waals surface area contributed by atoms with E-state index in [1.54, 1.807) is 0 Å². The molecule has 1 saturated heterocycles. The van der Waals surface area contributed by atoms with Gasteiger partial charge in [0.2, 0.25) is 0 Å². The molecule has 0 amide bonds. The summed E-state index contributed by atoms with van der Waals surface area (Å²) in [5.41, 5.74) is 7.47. The second-order valence-electron chi connectivity index (χ2n) is 6.32. The average Bonchev–Trinajstić information content (AvgIpc) is 2.41. The molecule has 2 unspecified atom stereocenters. The van der Waals surface area contributed by atoms with Crippen LogP contribution in [0.2, 0.25) is 0 Å². The van der Waals surface area contributed by atoms with Crippen molar-refractivity contribution >= 4 is 0 Å². The zero-order chi connectivity index (χ0) is 14.5. The molecule has 0 radical (unpaired) electrons. The number of aromatic nitrogens is 1. The number of hydrogen-bond acceptors (Lipinski definition) is 4. The quantitative estimate of drug-likeness (QED) is 0.890. The van der Waals surface area contributed by atoms with E-state index < -0.39 is 0 Å². The molecule has 2 heterocycles. The molecular weight excluding hydrogens is 248 g/mol. The maximum Gasteiger partial charge on any atom is 0.0512 e. The first-order chi connectivity index (χ1) is 9.58. The second-order valence-corrected chi connectivity index (χ2v) is 6.32. The van der Waals surface area contributed by atoms with Crippen LogP contribution < -0.4 is 5.73 Å². The molecule has 0 spiro atoms. The third kappa shape index (κ3) is 4.01. The van der Waals surface area contributed by atoms with Crippen LogP contribution in [-0.4, -0.2) is 53.5 Å². The molecule has 2 N–H and O–H groups in total. The average molecular weight is 276 g/mol. The van der Waals surface area contributed by atoms with Crippen LogP contribution in [0.1, 0.15) is 32.4 Å². The van der Waals surface area contributed by atoms with Gasteiger partial charge >= 0.3 is 0 Å². The summed E-state index contributed by atoms with van der Waals surface area (Å²) < 4.78 is 0. The lowest BCUT2D eigenvalue weighted by Crippen LogP contribution is -2.51. The van der Waals surface area contributed by atoms with E-state index in [2.05, 4.69) is 41.6 Å². The molecule has 0 aliphatic carbocycles. The number of pyridine rings is 1. The van der Waals surface area contributed by atoms with Crippen molar-refractivity contribution in [1.29, 1.82) is 0 Å². The Balaban J connectivity index is 1.99. The number of rotatable bonds is 5. The topological polar surface area (TPSA) is 45.4 Å². The van der Waals surface area contributed by atoms with E-state index in [0.717, 1.165) is 32.1 Å². The number of nitrogens with two attached hydrogens (primary N) is 1. The Morgan fingerprint density at radius 2 is 1.90 bits per heavy atom. The molecule has 1 aromatic heterocycles. The Hall–Kier alpha value is -0.970. The molecule has 0 saturated carbocycles. The zero-order valence-electron chi connectivity index (χ0n) is 13.0. The fourth-order valence-corrected chi connectivity index (χ4v) is 3.14. The summed E-state index contributed by atoms with van der Waals surface area (Å²) >= 11 is 0. The molecule has 2 rings (SSSR count). The van der Waals surface area contributed by atoms with Gasteiger partial charge in [0.05, 0.1) is 6.04 Å². The second kappa shape index (κ2) is 7.16. The first-order valence-electron chi connectivity index (χ1n) is 7.70. The van der Waals surface area contributed by atoms with Gasteiger partial charge in [-0.25, -0.2) is 0 Å². The highest BCUT2D eigenvalue weighted by atomic mass is 15.3. The van der Waals surface area contributed by atoms with Gasteiger partial charge < -0.3 is 10.6 Å². The molecule has 0 bridgehead atoms. The molecule has 112 valence electrons. The van der Waals surface area contributed by atoms with Crippen molar-refractivity contribution in [2.45, 2.75) is 32.9 Å². The third-order valence-electron chi connectivity index (χ3n) is 3.95. The van der Waals surface area contributed by atoms with Crippen LogP contribution in [0.5, 0.6) is 0 Å². The van der Waals surface area contributed by atoms with Crippen molar-refractivity contribution in [2.75, 3.05) is 32.7 Å². The normalized spacial score (nSPS) is 21.1. The van der Waals surface area contributed by atoms with Crippen LogP contribution in [0.3, 0.4) is 0 Å². The van der Waals surface area contributed by atoms with Gasteiger partial charge in [-0.05, 0) is 24.5 Å². The van der Waals surface area contributed by atoms with E-state index in [4.69, 9.17) is 5.73 Å². The fourth-order valence-electron chi connectivity index (χ4n) is 3.14. The van der Waals surface area contributed by atoms with E-state index in [9.17, 15) is 0 Å². The largest absolute Gasteiger partial charge is 0.326 e. The molecule has 0 aromatic carbocycles. The Kier molecular flexibility index (Phi) is 5.52. The zero-order valence-corrected chi connectivity index (χ0v) is 13.0. The Labute approximate surface area is 123 Å². The van der Waals surface area contributed by atoms with Gasteiger partial charge in [0.25, 0.3) is 0 Å². The van der Waals surface area contributed by atoms with Crippen molar-refractivity contribution in [3.63, 3.8) is 0 Å². The van der Waals surface area contributed by atoms with Gasteiger partial charge in [-0.2, -0.15) is 0 Å². The highest BCUT2D eigenvalue weighted by Gasteiger charge is 2.27. The van der Waals surface area contributed by atoms with Crippen LogP contribution in [0, 0.1) is 5.92 Å². The predicted octanol–water partition coefficient (Wildman–Crippen LogP) is 1.74. The lowest BCUT2D eigenvalue weighted by Gasteiger charge is -2.41. The minimum atomic E-state index is 0.121. The smallest absolute Gasteiger partial charge is 0.0512 e. The molecule has 1 fully saturated rings. The Morgan fingerprint density at radius 3 is 2.40 bits per heavy atom. The van der Waals surface area contributed by atoms with E-state index in [0.29, 0.717) is 0 Å². The van der Waals surface area contributed by atoms with E-state index in [-0.39, 0.29) is 12.1 Å². The fraction of sp³-hybridized carbons (Fsp3) is 0.688. The van der Waals surface area contributed by atoms with Gasteiger partial charge in [-0.15, -0.1) is 0 Å². The SMILES string of the molecule is CC(C)CN1CCN(C(c2cccnc2)C(C)N)CC1. The molecule has 4 heteroatoms. The standard InChI is InChI=1S/C16H28N4/c1-13(2)12-19-7-9-20(10-8-19)16(14(3)17)15-5-4-6-18-11-15/h4-6,11,13-14,16H,7-10,12,17H2,1-3H3. The van der Waals surface area contributed by atoms with Crippen LogP contribution in [0.15, 0.2) is 24.5 Å². The number of nitrogens with zero attached hydrogens (tertiary/aromatic N) is 3. The Bertz CT molecular complexity index is 383. The summed E-state index contributed by atoms with van der Waals surface area (Å²) in [5.74, 6) is 0.740. The van der Waals surface area contributed by atoms with Crippen LogP contribution in [0.25, 0.3) is 0 Å². The van der Waals surface area contributed by atoms with Crippen molar-refractivity contribution in [3.05, 3.63) is 30.1 Å². The van der Waals surface area contributed by atoms with Gasteiger partial charge in [-0.3, -0.25) is 9.88 Å². The number of piperazine rings is 1. The monoisotopic (exact) mass is 276 g/mol. The third-order valence-corrected chi connectivity index (χ3v) is 3.95. The molecule has 4 nitrogen and oxygen atoms in total. The molecule has 20 heavy (non-hydrogen) atoms. The molecule has 1 aromatic rings. The van der Waals surface area contributed by atoms with Crippen LogP contribution >= 0.6 is 0 Å².